The molecule has 2 aromatic heterocycles. The highest BCUT2D eigenvalue weighted by Crippen LogP contribution is 2.28. The molecule has 7 nitrogen and oxygen atoms in total. The second-order valence-electron chi connectivity index (χ2n) is 4.42. The number of pyridine rings is 1. The van der Waals surface area contributed by atoms with Crippen molar-refractivity contribution in [3.05, 3.63) is 35.9 Å². The zero-order valence-corrected chi connectivity index (χ0v) is 11.9. The number of fused-ring (bicyclic) bond motifs is 1. The van der Waals surface area contributed by atoms with Gasteiger partial charge in [0.25, 0.3) is 0 Å². The summed E-state index contributed by atoms with van der Waals surface area (Å²) in [5.74, 6) is -0.993. The van der Waals surface area contributed by atoms with E-state index in [4.69, 9.17) is 5.11 Å². The fraction of sp³-hybridized carbons (Fsp3) is 0.154. The first-order valence-electron chi connectivity index (χ1n) is 6.15. The molecule has 106 valence electrons. The lowest BCUT2D eigenvalue weighted by Gasteiger charge is -2.06. The number of carbonyl (C=O) groups is 1. The number of carboxylic acid groups (broad SMARTS) is 1. The van der Waals surface area contributed by atoms with Crippen LogP contribution < -0.4 is 0 Å². The lowest BCUT2D eigenvalue weighted by Crippen LogP contribution is -2.11. The number of nitrogens with zero attached hydrogens (tertiary/aromatic N) is 5. The van der Waals surface area contributed by atoms with Crippen LogP contribution in [0.3, 0.4) is 0 Å². The molecule has 0 spiro atoms. The number of aryl methyl sites for hydroxylation is 1. The summed E-state index contributed by atoms with van der Waals surface area (Å²) in [6.07, 6.45) is 0. The van der Waals surface area contributed by atoms with Crippen LogP contribution in [0.25, 0.3) is 10.9 Å². The standard InChI is InChI=1S/C13H11N5O2S/c1-8-6-9-4-2-3-5-10(9)14-12(8)21-13-15-16-17-18(13)7-11(19)20/h2-6H,7H2,1H3,(H,19,20). The quantitative estimate of drug-likeness (QED) is 0.784. The molecule has 0 aliphatic carbocycles. The van der Waals surface area contributed by atoms with Gasteiger partial charge in [0.1, 0.15) is 11.6 Å². The van der Waals surface area contributed by atoms with Gasteiger partial charge in [-0.2, -0.15) is 0 Å². The van der Waals surface area contributed by atoms with E-state index in [0.717, 1.165) is 21.5 Å². The number of benzene rings is 1. The van der Waals surface area contributed by atoms with Crippen LogP contribution >= 0.6 is 11.8 Å². The molecule has 0 fully saturated rings. The highest BCUT2D eigenvalue weighted by molar-refractivity contribution is 7.99. The van der Waals surface area contributed by atoms with Crippen molar-refractivity contribution in [2.75, 3.05) is 0 Å². The molecule has 21 heavy (non-hydrogen) atoms. The molecule has 0 saturated heterocycles. The van der Waals surface area contributed by atoms with E-state index < -0.39 is 5.97 Å². The summed E-state index contributed by atoms with van der Waals surface area (Å²) in [4.78, 5) is 15.3. The minimum Gasteiger partial charge on any atom is -0.480 e. The van der Waals surface area contributed by atoms with Crippen LogP contribution in [0.4, 0.5) is 0 Å². The third kappa shape index (κ3) is 2.84. The Morgan fingerprint density at radius 1 is 1.38 bits per heavy atom. The zero-order valence-electron chi connectivity index (χ0n) is 11.1. The Kier molecular flexibility index (Phi) is 3.53. The minimum absolute atomic E-state index is 0.276. The summed E-state index contributed by atoms with van der Waals surface area (Å²) in [6.45, 7) is 1.68. The van der Waals surface area contributed by atoms with Crippen molar-refractivity contribution in [3.8, 4) is 0 Å². The van der Waals surface area contributed by atoms with Crippen molar-refractivity contribution in [2.45, 2.75) is 23.7 Å². The second kappa shape index (κ2) is 5.49. The van der Waals surface area contributed by atoms with E-state index >= 15 is 0 Å². The molecule has 0 saturated carbocycles. The molecule has 3 rings (SSSR count). The Bertz CT molecular complexity index is 817. The number of para-hydroxylation sites is 1. The van der Waals surface area contributed by atoms with Gasteiger partial charge >= 0.3 is 5.97 Å². The first-order chi connectivity index (χ1) is 10.1. The molecule has 1 N–H and O–H groups in total. The third-order valence-electron chi connectivity index (χ3n) is 2.84. The number of hydrogen-bond donors (Lipinski definition) is 1. The van der Waals surface area contributed by atoms with Gasteiger partial charge in [-0.3, -0.25) is 4.79 Å². The highest BCUT2D eigenvalue weighted by atomic mass is 32.2. The topological polar surface area (TPSA) is 93.8 Å². The van der Waals surface area contributed by atoms with Crippen LogP contribution in [-0.4, -0.2) is 36.3 Å². The first-order valence-corrected chi connectivity index (χ1v) is 6.97. The Hall–Kier alpha value is -2.48. The number of tetrazole rings is 1. The van der Waals surface area contributed by atoms with Gasteiger partial charge in [-0.05, 0) is 46.8 Å². The van der Waals surface area contributed by atoms with Crippen molar-refractivity contribution in [1.29, 1.82) is 0 Å². The van der Waals surface area contributed by atoms with Crippen LogP contribution in [0.15, 0.2) is 40.5 Å². The molecule has 3 aromatic rings. The molecule has 0 unspecified atom stereocenters. The normalized spacial score (nSPS) is 10.9. The maximum Gasteiger partial charge on any atom is 0.325 e. The molecule has 8 heteroatoms. The average molecular weight is 301 g/mol. The van der Waals surface area contributed by atoms with Crippen molar-refractivity contribution < 1.29 is 9.90 Å². The van der Waals surface area contributed by atoms with E-state index in [0.29, 0.717) is 5.16 Å². The monoisotopic (exact) mass is 301 g/mol. The van der Waals surface area contributed by atoms with Crippen LogP contribution in [0.2, 0.25) is 0 Å². The molecule has 0 amide bonds. The Balaban J connectivity index is 1.96. The van der Waals surface area contributed by atoms with E-state index in [1.54, 1.807) is 0 Å². The maximum atomic E-state index is 10.8. The largest absolute Gasteiger partial charge is 0.480 e. The summed E-state index contributed by atoms with van der Waals surface area (Å²) in [5, 5.41) is 22.1. The van der Waals surface area contributed by atoms with Gasteiger partial charge in [-0.1, -0.05) is 18.2 Å². The highest BCUT2D eigenvalue weighted by Gasteiger charge is 2.13. The Morgan fingerprint density at radius 2 is 2.19 bits per heavy atom. The summed E-state index contributed by atoms with van der Waals surface area (Å²) < 4.78 is 1.24. The third-order valence-corrected chi connectivity index (χ3v) is 3.92. The predicted molar refractivity (Wildman–Crippen MR) is 76.1 cm³/mol. The summed E-state index contributed by atoms with van der Waals surface area (Å²) in [6, 6.07) is 9.85. The molecule has 0 bridgehead atoms. The maximum absolute atomic E-state index is 10.8. The molecular weight excluding hydrogens is 290 g/mol. The van der Waals surface area contributed by atoms with E-state index in [-0.39, 0.29) is 6.54 Å². The molecular formula is C13H11N5O2S. The van der Waals surface area contributed by atoms with E-state index in [1.165, 1.54) is 16.4 Å². The SMILES string of the molecule is Cc1cc2ccccc2nc1Sc1nnnn1CC(=O)O. The summed E-state index contributed by atoms with van der Waals surface area (Å²) in [5.41, 5.74) is 1.87. The molecule has 1 aromatic carbocycles. The molecule has 0 aliphatic heterocycles. The summed E-state index contributed by atoms with van der Waals surface area (Å²) >= 11 is 1.26. The van der Waals surface area contributed by atoms with Gasteiger partial charge < -0.3 is 5.11 Å². The van der Waals surface area contributed by atoms with Crippen molar-refractivity contribution in [2.24, 2.45) is 0 Å². The van der Waals surface area contributed by atoms with Gasteiger partial charge in [-0.15, -0.1) is 5.10 Å². The van der Waals surface area contributed by atoms with E-state index in [2.05, 4.69) is 20.5 Å². The number of hydrogen-bond acceptors (Lipinski definition) is 6. The predicted octanol–water partition coefficient (Wildman–Crippen LogP) is 1.77. The minimum atomic E-state index is -0.993. The van der Waals surface area contributed by atoms with Gasteiger partial charge in [-0.25, -0.2) is 9.67 Å². The molecule has 0 atom stereocenters. The van der Waals surface area contributed by atoms with Crippen LogP contribution in [0.5, 0.6) is 0 Å². The lowest BCUT2D eigenvalue weighted by molar-refractivity contribution is -0.138. The van der Waals surface area contributed by atoms with Crippen LogP contribution in [-0.2, 0) is 11.3 Å². The fourth-order valence-electron chi connectivity index (χ4n) is 1.89. The fourth-order valence-corrected chi connectivity index (χ4v) is 2.71. The zero-order chi connectivity index (χ0) is 14.8. The summed E-state index contributed by atoms with van der Waals surface area (Å²) in [7, 11) is 0. The van der Waals surface area contributed by atoms with Crippen molar-refractivity contribution >= 4 is 28.6 Å². The van der Waals surface area contributed by atoms with Crippen LogP contribution in [0, 0.1) is 6.92 Å². The van der Waals surface area contributed by atoms with Crippen molar-refractivity contribution in [3.63, 3.8) is 0 Å². The number of carboxylic acids is 1. The number of aliphatic carboxylic acids is 1. The second-order valence-corrected chi connectivity index (χ2v) is 5.37. The van der Waals surface area contributed by atoms with E-state index in [9.17, 15) is 4.79 Å². The smallest absolute Gasteiger partial charge is 0.325 e. The van der Waals surface area contributed by atoms with Gasteiger partial charge in [0.15, 0.2) is 0 Å². The van der Waals surface area contributed by atoms with Gasteiger partial charge in [0.2, 0.25) is 5.16 Å². The van der Waals surface area contributed by atoms with Gasteiger partial charge in [0.05, 0.1) is 5.52 Å². The molecule has 2 heterocycles. The molecule has 0 aliphatic rings. The van der Waals surface area contributed by atoms with E-state index in [1.807, 2.05) is 37.3 Å². The van der Waals surface area contributed by atoms with Gasteiger partial charge in [0, 0.05) is 5.39 Å². The number of rotatable bonds is 4. The first kappa shape index (κ1) is 13.5. The lowest BCUT2D eigenvalue weighted by atomic mass is 10.2. The Morgan fingerprint density at radius 3 is 3.00 bits per heavy atom. The van der Waals surface area contributed by atoms with Crippen molar-refractivity contribution in [1.82, 2.24) is 25.2 Å². The Labute approximate surface area is 124 Å². The number of aromatic nitrogens is 5. The molecule has 0 radical (unpaired) electrons. The average Bonchev–Trinajstić information content (AvgIpc) is 2.86. The van der Waals surface area contributed by atoms with Crippen LogP contribution in [0.1, 0.15) is 5.56 Å².